The molecule has 2 aromatic rings. The van der Waals surface area contributed by atoms with Crippen molar-refractivity contribution in [3.63, 3.8) is 0 Å². The maximum absolute atomic E-state index is 11.7. The highest BCUT2D eigenvalue weighted by Gasteiger charge is 2.05. The first-order valence-corrected chi connectivity index (χ1v) is 6.36. The lowest BCUT2D eigenvalue weighted by Crippen LogP contribution is -2.07. The summed E-state index contributed by atoms with van der Waals surface area (Å²) in [5.74, 6) is 0.0937. The fourth-order valence-corrected chi connectivity index (χ4v) is 1.69. The van der Waals surface area contributed by atoms with Crippen molar-refractivity contribution >= 4 is 23.5 Å². The number of aryl methyl sites for hydroxylation is 1. The lowest BCUT2D eigenvalue weighted by Gasteiger charge is -1.96. The van der Waals surface area contributed by atoms with E-state index in [-0.39, 0.29) is 11.6 Å². The predicted octanol–water partition coefficient (Wildman–Crippen LogP) is 2.53. The summed E-state index contributed by atoms with van der Waals surface area (Å²) in [5, 5.41) is 20.0. The van der Waals surface area contributed by atoms with Crippen LogP contribution in [0.5, 0.6) is 0 Å². The van der Waals surface area contributed by atoms with E-state index < -0.39 is 4.92 Å². The number of nitro benzene ring substituents is 1. The van der Waals surface area contributed by atoms with E-state index in [0.29, 0.717) is 11.4 Å². The van der Waals surface area contributed by atoms with Crippen molar-refractivity contribution in [3.05, 3.63) is 57.8 Å². The van der Waals surface area contributed by atoms with Crippen LogP contribution in [0.1, 0.15) is 18.2 Å². The van der Waals surface area contributed by atoms with Crippen molar-refractivity contribution in [1.82, 2.24) is 10.2 Å². The zero-order chi connectivity index (χ0) is 15.2. The Morgan fingerprint density at radius 2 is 2.29 bits per heavy atom. The van der Waals surface area contributed by atoms with Gasteiger partial charge in [0, 0.05) is 30.0 Å². The second-order valence-electron chi connectivity index (χ2n) is 4.31. The highest BCUT2D eigenvalue weighted by atomic mass is 16.6. The maximum atomic E-state index is 11.7. The molecule has 0 atom stereocenters. The smallest absolute Gasteiger partial charge is 0.270 e. The van der Waals surface area contributed by atoms with Crippen molar-refractivity contribution in [3.8, 4) is 0 Å². The summed E-state index contributed by atoms with van der Waals surface area (Å²) in [7, 11) is 0. The molecule has 7 heteroatoms. The minimum atomic E-state index is -0.479. The maximum Gasteiger partial charge on any atom is 0.270 e. The standard InChI is InChI=1S/C14H14N4O3/c1-2-11-9-13(17-16-11)15-14(19)7-6-10-4-3-5-12(8-10)18(20)21/h3-9H,2H2,1H3,(H2,15,16,17,19)/b7-6+. The van der Waals surface area contributed by atoms with E-state index >= 15 is 0 Å². The number of aromatic amines is 1. The van der Waals surface area contributed by atoms with Gasteiger partial charge in [-0.05, 0) is 18.1 Å². The van der Waals surface area contributed by atoms with Crippen LogP contribution in [0.25, 0.3) is 6.08 Å². The highest BCUT2D eigenvalue weighted by Crippen LogP contribution is 2.14. The van der Waals surface area contributed by atoms with Gasteiger partial charge in [0.25, 0.3) is 5.69 Å². The first kappa shape index (κ1) is 14.4. The molecule has 0 radical (unpaired) electrons. The number of nitrogens with zero attached hydrogens (tertiary/aromatic N) is 2. The van der Waals surface area contributed by atoms with Crippen LogP contribution in [0.15, 0.2) is 36.4 Å². The largest absolute Gasteiger partial charge is 0.306 e. The van der Waals surface area contributed by atoms with Crippen molar-refractivity contribution in [2.45, 2.75) is 13.3 Å². The molecule has 2 N–H and O–H groups in total. The van der Waals surface area contributed by atoms with Crippen LogP contribution in [0.2, 0.25) is 0 Å². The molecule has 0 aliphatic rings. The molecule has 0 spiro atoms. The average molecular weight is 286 g/mol. The summed E-state index contributed by atoms with van der Waals surface area (Å²) in [6, 6.07) is 7.79. The van der Waals surface area contributed by atoms with Crippen molar-refractivity contribution in [1.29, 1.82) is 0 Å². The molecule has 108 valence electrons. The minimum Gasteiger partial charge on any atom is -0.306 e. The summed E-state index contributed by atoms with van der Waals surface area (Å²) in [4.78, 5) is 21.9. The molecule has 1 heterocycles. The fraction of sp³-hybridized carbons (Fsp3) is 0.143. The topological polar surface area (TPSA) is 101 Å². The molecule has 0 fully saturated rings. The molecule has 0 saturated carbocycles. The van der Waals surface area contributed by atoms with Crippen LogP contribution in [0, 0.1) is 10.1 Å². The lowest BCUT2D eigenvalue weighted by atomic mass is 10.2. The Labute approximate surface area is 120 Å². The molecule has 0 saturated heterocycles. The first-order chi connectivity index (χ1) is 10.1. The second kappa shape index (κ2) is 6.47. The van der Waals surface area contributed by atoms with E-state index in [0.717, 1.165) is 12.1 Å². The van der Waals surface area contributed by atoms with Crippen LogP contribution in [-0.4, -0.2) is 21.0 Å². The second-order valence-corrected chi connectivity index (χ2v) is 4.31. The van der Waals surface area contributed by atoms with Gasteiger partial charge in [-0.25, -0.2) is 0 Å². The minimum absolute atomic E-state index is 0.0163. The Morgan fingerprint density at radius 3 is 2.95 bits per heavy atom. The number of hydrogen-bond acceptors (Lipinski definition) is 4. The average Bonchev–Trinajstić information content (AvgIpc) is 2.93. The quantitative estimate of drug-likeness (QED) is 0.501. The van der Waals surface area contributed by atoms with Crippen LogP contribution >= 0.6 is 0 Å². The zero-order valence-electron chi connectivity index (χ0n) is 11.4. The van der Waals surface area contributed by atoms with E-state index in [9.17, 15) is 14.9 Å². The number of carbonyl (C=O) groups is 1. The predicted molar refractivity (Wildman–Crippen MR) is 78.7 cm³/mol. The van der Waals surface area contributed by atoms with Gasteiger partial charge >= 0.3 is 0 Å². The third-order valence-electron chi connectivity index (χ3n) is 2.77. The Kier molecular flexibility index (Phi) is 4.45. The van der Waals surface area contributed by atoms with Gasteiger partial charge in [-0.15, -0.1) is 0 Å². The van der Waals surface area contributed by atoms with Gasteiger partial charge in [0.15, 0.2) is 5.82 Å². The van der Waals surface area contributed by atoms with Crippen molar-refractivity contribution in [2.24, 2.45) is 0 Å². The number of benzene rings is 1. The van der Waals surface area contributed by atoms with Crippen molar-refractivity contribution in [2.75, 3.05) is 5.32 Å². The van der Waals surface area contributed by atoms with Gasteiger partial charge < -0.3 is 5.32 Å². The third-order valence-corrected chi connectivity index (χ3v) is 2.77. The van der Waals surface area contributed by atoms with E-state index in [4.69, 9.17) is 0 Å². The fourth-order valence-electron chi connectivity index (χ4n) is 1.69. The molecule has 1 aromatic heterocycles. The number of anilines is 1. The highest BCUT2D eigenvalue weighted by molar-refractivity contribution is 6.01. The monoisotopic (exact) mass is 286 g/mol. The number of hydrogen-bond donors (Lipinski definition) is 2. The number of aromatic nitrogens is 2. The molecule has 2 rings (SSSR count). The molecule has 0 bridgehead atoms. The number of H-pyrrole nitrogens is 1. The summed E-state index contributed by atoms with van der Waals surface area (Å²) >= 11 is 0. The van der Waals surface area contributed by atoms with E-state index in [1.54, 1.807) is 18.2 Å². The van der Waals surface area contributed by atoms with Crippen LogP contribution < -0.4 is 5.32 Å². The summed E-state index contributed by atoms with van der Waals surface area (Å²) in [5.41, 5.74) is 1.49. The number of nitrogens with one attached hydrogen (secondary N) is 2. The van der Waals surface area contributed by atoms with E-state index in [2.05, 4.69) is 15.5 Å². The molecule has 7 nitrogen and oxygen atoms in total. The molecular formula is C14H14N4O3. The zero-order valence-corrected chi connectivity index (χ0v) is 11.4. The van der Waals surface area contributed by atoms with Gasteiger partial charge in [0.2, 0.25) is 5.91 Å². The number of non-ortho nitro benzene ring substituents is 1. The van der Waals surface area contributed by atoms with E-state index in [1.807, 2.05) is 6.92 Å². The van der Waals surface area contributed by atoms with E-state index in [1.165, 1.54) is 24.3 Å². The molecule has 0 aliphatic carbocycles. The van der Waals surface area contributed by atoms with Crippen molar-refractivity contribution < 1.29 is 9.72 Å². The summed E-state index contributed by atoms with van der Waals surface area (Å²) in [6.07, 6.45) is 3.61. The number of amides is 1. The van der Waals surface area contributed by atoms with Gasteiger partial charge in [-0.3, -0.25) is 20.0 Å². The molecule has 0 unspecified atom stereocenters. The summed E-state index contributed by atoms with van der Waals surface area (Å²) < 4.78 is 0. The summed E-state index contributed by atoms with van der Waals surface area (Å²) in [6.45, 7) is 1.97. The van der Waals surface area contributed by atoms with Crippen LogP contribution in [0.3, 0.4) is 0 Å². The van der Waals surface area contributed by atoms with Gasteiger partial charge in [-0.1, -0.05) is 19.1 Å². The molecule has 1 aromatic carbocycles. The molecule has 1 amide bonds. The number of nitro groups is 1. The Bertz CT molecular complexity index is 691. The van der Waals surface area contributed by atoms with Crippen LogP contribution in [0.4, 0.5) is 11.5 Å². The van der Waals surface area contributed by atoms with Gasteiger partial charge in [0.05, 0.1) is 4.92 Å². The van der Waals surface area contributed by atoms with Gasteiger partial charge in [-0.2, -0.15) is 5.10 Å². The first-order valence-electron chi connectivity index (χ1n) is 6.36. The lowest BCUT2D eigenvalue weighted by molar-refractivity contribution is -0.384. The number of rotatable bonds is 5. The SMILES string of the molecule is CCc1cc(NC(=O)/C=C/c2cccc([N+](=O)[O-])c2)n[nH]1. The third kappa shape index (κ3) is 4.00. The Hall–Kier alpha value is -2.96. The number of carbonyl (C=O) groups excluding carboxylic acids is 1. The Morgan fingerprint density at radius 1 is 1.48 bits per heavy atom. The van der Waals surface area contributed by atoms with Crippen LogP contribution in [-0.2, 0) is 11.2 Å². The van der Waals surface area contributed by atoms with Gasteiger partial charge in [0.1, 0.15) is 0 Å². The normalized spacial score (nSPS) is 10.7. The Balaban J connectivity index is 2.01. The molecule has 0 aliphatic heterocycles. The molecular weight excluding hydrogens is 272 g/mol. The molecule has 21 heavy (non-hydrogen) atoms.